The van der Waals surface area contributed by atoms with Crippen molar-refractivity contribution in [3.8, 4) is 0 Å². The van der Waals surface area contributed by atoms with Crippen molar-refractivity contribution in [2.75, 3.05) is 5.32 Å². The first-order valence-corrected chi connectivity index (χ1v) is 5.62. The molecule has 1 rings (SSSR count). The molecule has 0 fully saturated rings. The van der Waals surface area contributed by atoms with Crippen LogP contribution in [0.2, 0.25) is 5.02 Å². The van der Waals surface area contributed by atoms with Crippen LogP contribution in [0.4, 0.5) is 5.69 Å². The Kier molecular flexibility index (Phi) is 4.71. The zero-order chi connectivity index (χ0) is 12.1. The van der Waals surface area contributed by atoms with Crippen LogP contribution in [0, 0.1) is 6.92 Å². The van der Waals surface area contributed by atoms with E-state index in [9.17, 15) is 4.79 Å². The van der Waals surface area contributed by atoms with Crippen molar-refractivity contribution in [2.45, 2.75) is 19.8 Å². The third-order valence-electron chi connectivity index (χ3n) is 2.14. The maximum atomic E-state index is 11.5. The van der Waals surface area contributed by atoms with Crippen LogP contribution in [0.15, 0.2) is 18.2 Å². The van der Waals surface area contributed by atoms with Gasteiger partial charge in [-0.2, -0.15) is 0 Å². The molecule has 0 aliphatic heterocycles. The number of amides is 1. The Morgan fingerprint density at radius 1 is 1.50 bits per heavy atom. The van der Waals surface area contributed by atoms with E-state index < -0.39 is 0 Å². The molecule has 1 aromatic carbocycles. The van der Waals surface area contributed by atoms with Crippen molar-refractivity contribution < 1.29 is 4.79 Å². The summed E-state index contributed by atoms with van der Waals surface area (Å²) in [6.45, 7) is 1.85. The zero-order valence-corrected chi connectivity index (χ0v) is 10.5. The predicted molar refractivity (Wildman–Crippen MR) is 70.8 cm³/mol. The summed E-state index contributed by atoms with van der Waals surface area (Å²) in [4.78, 5) is 11.9. The van der Waals surface area contributed by atoms with E-state index in [2.05, 4.69) is 5.32 Å². The van der Waals surface area contributed by atoms with Crippen molar-refractivity contribution in [3.05, 3.63) is 28.8 Å². The lowest BCUT2D eigenvalue weighted by atomic mass is 10.2. The fourth-order valence-corrected chi connectivity index (χ4v) is 1.47. The van der Waals surface area contributed by atoms with Crippen LogP contribution in [0.5, 0.6) is 0 Å². The average molecular weight is 257 g/mol. The van der Waals surface area contributed by atoms with Crippen molar-refractivity contribution in [1.82, 2.24) is 0 Å². The number of nitrogens with one attached hydrogen (secondary N) is 1. The monoisotopic (exact) mass is 256 g/mol. The number of carbonyl (C=O) groups excluding carboxylic acids is 1. The van der Waals surface area contributed by atoms with Gasteiger partial charge in [0, 0.05) is 23.6 Å². The van der Waals surface area contributed by atoms with Gasteiger partial charge in [-0.05, 0) is 24.6 Å². The molecule has 0 bridgehead atoms. The lowest BCUT2D eigenvalue weighted by molar-refractivity contribution is -0.116. The quantitative estimate of drug-likeness (QED) is 0.815. The van der Waals surface area contributed by atoms with Crippen molar-refractivity contribution in [1.29, 1.82) is 0 Å². The first kappa shape index (κ1) is 12.9. The normalized spacial score (nSPS) is 9.88. The standard InChI is InChI=1S/C11H13ClN2OS/c1-7-8(12)3-2-4-9(7)14-11(15)6-5-10(13)16/h2-4H,5-6H2,1H3,(H2,13,16)(H,14,15). The number of halogens is 1. The molecular formula is C11H13ClN2OS. The molecule has 0 radical (unpaired) electrons. The predicted octanol–water partition coefficient (Wildman–Crippen LogP) is 2.65. The highest BCUT2D eigenvalue weighted by Crippen LogP contribution is 2.22. The third kappa shape index (κ3) is 3.79. The molecule has 86 valence electrons. The van der Waals surface area contributed by atoms with Crippen LogP contribution in [0.25, 0.3) is 0 Å². The molecule has 0 aliphatic carbocycles. The first-order valence-electron chi connectivity index (χ1n) is 4.84. The van der Waals surface area contributed by atoms with Gasteiger partial charge in [-0.1, -0.05) is 29.9 Å². The number of thiocarbonyl (C=S) groups is 1. The Morgan fingerprint density at radius 3 is 2.81 bits per heavy atom. The van der Waals surface area contributed by atoms with Crippen LogP contribution in [-0.4, -0.2) is 10.9 Å². The van der Waals surface area contributed by atoms with Crippen molar-refractivity contribution in [3.63, 3.8) is 0 Å². The van der Waals surface area contributed by atoms with Gasteiger partial charge in [0.1, 0.15) is 0 Å². The van der Waals surface area contributed by atoms with Gasteiger partial charge < -0.3 is 11.1 Å². The van der Waals surface area contributed by atoms with Gasteiger partial charge in [-0.25, -0.2) is 0 Å². The topological polar surface area (TPSA) is 55.1 Å². The fourth-order valence-electron chi connectivity index (χ4n) is 1.19. The summed E-state index contributed by atoms with van der Waals surface area (Å²) in [5.41, 5.74) is 6.90. The van der Waals surface area contributed by atoms with Crippen molar-refractivity contribution >= 4 is 40.4 Å². The van der Waals surface area contributed by atoms with E-state index in [4.69, 9.17) is 29.6 Å². The molecule has 0 saturated heterocycles. The van der Waals surface area contributed by atoms with E-state index in [0.29, 0.717) is 22.9 Å². The molecule has 0 aliphatic rings. The zero-order valence-electron chi connectivity index (χ0n) is 8.92. The average Bonchev–Trinajstić information content (AvgIpc) is 2.22. The Hall–Kier alpha value is -1.13. The Labute approximate surface area is 105 Å². The third-order valence-corrected chi connectivity index (χ3v) is 2.75. The largest absolute Gasteiger partial charge is 0.393 e. The van der Waals surface area contributed by atoms with Gasteiger partial charge in [-0.15, -0.1) is 0 Å². The Bertz CT molecular complexity index is 420. The minimum atomic E-state index is -0.113. The lowest BCUT2D eigenvalue weighted by Gasteiger charge is -2.09. The van der Waals surface area contributed by atoms with E-state index in [1.54, 1.807) is 18.2 Å². The van der Waals surface area contributed by atoms with Gasteiger partial charge in [-0.3, -0.25) is 4.79 Å². The molecule has 0 atom stereocenters. The van der Waals surface area contributed by atoms with Crippen molar-refractivity contribution in [2.24, 2.45) is 5.73 Å². The molecule has 16 heavy (non-hydrogen) atoms. The summed E-state index contributed by atoms with van der Waals surface area (Å²) in [5, 5.41) is 3.40. The summed E-state index contributed by atoms with van der Waals surface area (Å²) in [7, 11) is 0. The highest BCUT2D eigenvalue weighted by molar-refractivity contribution is 7.80. The van der Waals surface area contributed by atoms with Gasteiger partial charge >= 0.3 is 0 Å². The summed E-state index contributed by atoms with van der Waals surface area (Å²) >= 11 is 10.6. The Balaban J connectivity index is 2.63. The summed E-state index contributed by atoms with van der Waals surface area (Å²) in [6.07, 6.45) is 0.710. The first-order chi connectivity index (χ1) is 7.50. The van der Waals surface area contributed by atoms with Gasteiger partial charge in [0.25, 0.3) is 0 Å². The fraction of sp³-hybridized carbons (Fsp3) is 0.273. The van der Waals surface area contributed by atoms with E-state index >= 15 is 0 Å². The second-order valence-corrected chi connectivity index (χ2v) is 4.36. The molecule has 1 aromatic rings. The second kappa shape index (κ2) is 5.82. The van der Waals surface area contributed by atoms with Crippen LogP contribution in [0.1, 0.15) is 18.4 Å². The molecule has 3 N–H and O–H groups in total. The molecule has 0 heterocycles. The second-order valence-electron chi connectivity index (χ2n) is 3.43. The molecule has 0 spiro atoms. The minimum absolute atomic E-state index is 0.113. The van der Waals surface area contributed by atoms with E-state index in [0.717, 1.165) is 11.3 Å². The minimum Gasteiger partial charge on any atom is -0.393 e. The maximum absolute atomic E-state index is 11.5. The van der Waals surface area contributed by atoms with E-state index in [-0.39, 0.29) is 5.91 Å². The maximum Gasteiger partial charge on any atom is 0.224 e. The smallest absolute Gasteiger partial charge is 0.224 e. The number of nitrogens with two attached hydrogens (primary N) is 1. The SMILES string of the molecule is Cc1c(Cl)cccc1NC(=O)CCC(N)=S. The number of anilines is 1. The van der Waals surface area contributed by atoms with Crippen LogP contribution in [-0.2, 0) is 4.79 Å². The van der Waals surface area contributed by atoms with Crippen LogP contribution in [0.3, 0.4) is 0 Å². The number of hydrogen-bond acceptors (Lipinski definition) is 2. The lowest BCUT2D eigenvalue weighted by Crippen LogP contribution is -2.16. The molecule has 5 heteroatoms. The molecule has 0 unspecified atom stereocenters. The van der Waals surface area contributed by atoms with Crippen LogP contribution < -0.4 is 11.1 Å². The Morgan fingerprint density at radius 2 is 2.19 bits per heavy atom. The van der Waals surface area contributed by atoms with Gasteiger partial charge in [0.05, 0.1) is 4.99 Å². The van der Waals surface area contributed by atoms with Crippen LogP contribution >= 0.6 is 23.8 Å². The number of benzene rings is 1. The van der Waals surface area contributed by atoms with Gasteiger partial charge in [0.15, 0.2) is 0 Å². The molecule has 1 amide bonds. The highest BCUT2D eigenvalue weighted by Gasteiger charge is 2.06. The number of rotatable bonds is 4. The number of carbonyl (C=O) groups is 1. The summed E-state index contributed by atoms with van der Waals surface area (Å²) in [5.74, 6) is -0.113. The molecule has 0 aromatic heterocycles. The van der Waals surface area contributed by atoms with E-state index in [1.807, 2.05) is 6.92 Å². The van der Waals surface area contributed by atoms with Gasteiger partial charge in [0.2, 0.25) is 5.91 Å². The summed E-state index contributed by atoms with van der Waals surface area (Å²) < 4.78 is 0. The molecule has 0 saturated carbocycles. The number of hydrogen-bond donors (Lipinski definition) is 2. The highest BCUT2D eigenvalue weighted by atomic mass is 35.5. The molecule has 3 nitrogen and oxygen atoms in total. The summed E-state index contributed by atoms with van der Waals surface area (Å²) in [6, 6.07) is 5.37. The molecular weight excluding hydrogens is 244 g/mol. The van der Waals surface area contributed by atoms with E-state index in [1.165, 1.54) is 0 Å².